The second kappa shape index (κ2) is 7.65. The predicted octanol–water partition coefficient (Wildman–Crippen LogP) is 5.97. The number of fused-ring (bicyclic) bond motifs is 1. The smallest absolute Gasteiger partial charge is 0.200 e. The molecule has 148 valence electrons. The fourth-order valence-corrected chi connectivity index (χ4v) is 3.85. The maximum absolute atomic E-state index is 6.00. The third-order valence-corrected chi connectivity index (χ3v) is 5.37. The zero-order chi connectivity index (χ0) is 20.5. The Morgan fingerprint density at radius 1 is 0.933 bits per heavy atom. The van der Waals surface area contributed by atoms with E-state index in [9.17, 15) is 0 Å². The van der Waals surface area contributed by atoms with Crippen molar-refractivity contribution in [2.24, 2.45) is 0 Å². The predicted molar refractivity (Wildman–Crippen MR) is 122 cm³/mol. The van der Waals surface area contributed by atoms with Crippen molar-refractivity contribution in [3.8, 4) is 22.7 Å². The lowest BCUT2D eigenvalue weighted by molar-refractivity contribution is 0.293. The van der Waals surface area contributed by atoms with E-state index in [-0.39, 0.29) is 0 Å². The number of aromatic nitrogens is 4. The zero-order valence-corrected chi connectivity index (χ0v) is 17.2. The molecule has 0 aliphatic carbocycles. The van der Waals surface area contributed by atoms with Crippen LogP contribution in [0.25, 0.3) is 27.8 Å². The maximum atomic E-state index is 6.00. The first-order valence-electron chi connectivity index (χ1n) is 9.73. The monoisotopic (exact) mass is 412 g/mol. The highest BCUT2D eigenvalue weighted by atomic mass is 32.1. The van der Waals surface area contributed by atoms with Crippen LogP contribution in [0.4, 0.5) is 0 Å². The van der Waals surface area contributed by atoms with Gasteiger partial charge in [-0.2, -0.15) is 5.10 Å². The van der Waals surface area contributed by atoms with E-state index in [0.29, 0.717) is 17.2 Å². The minimum absolute atomic E-state index is 0.296. The lowest BCUT2D eigenvalue weighted by Gasteiger charge is -2.11. The number of nitrogens with zero attached hydrogens (tertiary/aromatic N) is 2. The fourth-order valence-electron chi connectivity index (χ4n) is 3.61. The summed E-state index contributed by atoms with van der Waals surface area (Å²) in [5.74, 6) is 1.51. The quantitative estimate of drug-likeness (QED) is 0.350. The molecule has 3 aromatic carbocycles. The van der Waals surface area contributed by atoms with Gasteiger partial charge in [0.15, 0.2) is 10.6 Å². The summed E-state index contributed by atoms with van der Waals surface area (Å²) in [5.41, 5.74) is 5.28. The van der Waals surface area contributed by atoms with Gasteiger partial charge in [-0.05, 0) is 37.3 Å². The van der Waals surface area contributed by atoms with E-state index < -0.39 is 0 Å². The summed E-state index contributed by atoms with van der Waals surface area (Å²) in [5, 5.41) is 8.46. The van der Waals surface area contributed by atoms with E-state index in [4.69, 9.17) is 17.0 Å². The molecule has 0 saturated carbocycles. The first kappa shape index (κ1) is 18.4. The lowest BCUT2D eigenvalue weighted by atomic mass is 10.1. The molecule has 0 unspecified atom stereocenters. The van der Waals surface area contributed by atoms with Gasteiger partial charge in [0.05, 0.1) is 11.4 Å². The Bertz CT molecular complexity index is 1360. The fraction of sp³-hybridized carbons (Fsp3) is 0.0833. The van der Waals surface area contributed by atoms with Gasteiger partial charge in [0.25, 0.3) is 0 Å². The standard InChI is InChI=1S/C24H20N4OS/c1-16-11-13-18(14-12-16)29-15-21-26-27-24(30)28(21)23-19-9-5-6-10-20(19)25-22(23)17-7-3-2-4-8-17/h2-14,25H,15H2,1H3,(H,27,30). The first-order chi connectivity index (χ1) is 14.7. The van der Waals surface area contributed by atoms with Crippen LogP contribution in [0, 0.1) is 11.7 Å². The number of H-pyrrole nitrogens is 2. The van der Waals surface area contributed by atoms with Crippen molar-refractivity contribution in [2.45, 2.75) is 13.5 Å². The second-order valence-corrected chi connectivity index (χ2v) is 7.53. The van der Waals surface area contributed by atoms with Crippen molar-refractivity contribution in [3.63, 3.8) is 0 Å². The molecule has 5 rings (SSSR count). The number of hydrogen-bond donors (Lipinski definition) is 2. The maximum Gasteiger partial charge on any atom is 0.200 e. The van der Waals surface area contributed by atoms with E-state index in [2.05, 4.69) is 46.4 Å². The average molecular weight is 413 g/mol. The van der Waals surface area contributed by atoms with Crippen LogP contribution in [-0.4, -0.2) is 19.7 Å². The van der Waals surface area contributed by atoms with Crippen LogP contribution in [0.15, 0.2) is 78.9 Å². The topological polar surface area (TPSA) is 58.6 Å². The molecule has 2 heterocycles. The zero-order valence-electron chi connectivity index (χ0n) is 16.4. The van der Waals surface area contributed by atoms with Gasteiger partial charge in [-0.25, -0.2) is 0 Å². The number of benzene rings is 3. The van der Waals surface area contributed by atoms with Gasteiger partial charge in [0.1, 0.15) is 12.4 Å². The number of aromatic amines is 2. The number of nitrogens with one attached hydrogen (secondary N) is 2. The molecule has 0 saturated heterocycles. The normalized spacial score (nSPS) is 11.1. The van der Waals surface area contributed by atoms with Crippen LogP contribution in [0.2, 0.25) is 0 Å². The molecule has 0 radical (unpaired) electrons. The molecule has 0 spiro atoms. The van der Waals surface area contributed by atoms with Crippen molar-refractivity contribution in [3.05, 3.63) is 95.0 Å². The highest BCUT2D eigenvalue weighted by molar-refractivity contribution is 7.71. The van der Waals surface area contributed by atoms with Crippen molar-refractivity contribution >= 4 is 23.1 Å². The molecular formula is C24H20N4OS. The van der Waals surface area contributed by atoms with Gasteiger partial charge in [0, 0.05) is 16.5 Å². The molecule has 30 heavy (non-hydrogen) atoms. The number of hydrogen-bond acceptors (Lipinski definition) is 3. The molecule has 0 atom stereocenters. The molecule has 0 bridgehead atoms. The van der Waals surface area contributed by atoms with Crippen molar-refractivity contribution < 1.29 is 4.74 Å². The van der Waals surface area contributed by atoms with E-state index in [1.54, 1.807) is 0 Å². The molecule has 5 nitrogen and oxygen atoms in total. The third-order valence-electron chi connectivity index (χ3n) is 5.10. The Kier molecular flexibility index (Phi) is 4.69. The van der Waals surface area contributed by atoms with Crippen molar-refractivity contribution in [2.75, 3.05) is 0 Å². The van der Waals surface area contributed by atoms with Gasteiger partial charge in [-0.15, -0.1) is 0 Å². The van der Waals surface area contributed by atoms with Gasteiger partial charge in [-0.1, -0.05) is 66.2 Å². The summed E-state index contributed by atoms with van der Waals surface area (Å²) >= 11 is 5.62. The van der Waals surface area contributed by atoms with E-state index in [1.807, 2.05) is 59.2 Å². The van der Waals surface area contributed by atoms with Crippen LogP contribution in [0.1, 0.15) is 11.4 Å². The van der Waals surface area contributed by atoms with Crippen LogP contribution in [-0.2, 0) is 6.61 Å². The second-order valence-electron chi connectivity index (χ2n) is 7.14. The lowest BCUT2D eigenvalue weighted by Crippen LogP contribution is -2.06. The Balaban J connectivity index is 1.63. The Labute approximate surface area is 179 Å². The molecule has 2 aromatic heterocycles. The van der Waals surface area contributed by atoms with Crippen molar-refractivity contribution in [1.82, 2.24) is 19.7 Å². The number of rotatable bonds is 5. The number of ether oxygens (including phenoxy) is 1. The van der Waals surface area contributed by atoms with Gasteiger partial charge < -0.3 is 9.72 Å². The molecular weight excluding hydrogens is 392 g/mol. The molecule has 0 aliphatic rings. The number of para-hydroxylation sites is 1. The van der Waals surface area contributed by atoms with Gasteiger partial charge in [0.2, 0.25) is 0 Å². The Morgan fingerprint density at radius 3 is 2.47 bits per heavy atom. The summed E-state index contributed by atoms with van der Waals surface area (Å²) in [7, 11) is 0. The van der Waals surface area contributed by atoms with Gasteiger partial charge in [-0.3, -0.25) is 9.67 Å². The molecule has 2 N–H and O–H groups in total. The van der Waals surface area contributed by atoms with Crippen LogP contribution < -0.4 is 4.74 Å². The molecule has 5 aromatic rings. The summed E-state index contributed by atoms with van der Waals surface area (Å²) in [6, 6.07) is 26.4. The highest BCUT2D eigenvalue weighted by Gasteiger charge is 2.19. The first-order valence-corrected chi connectivity index (χ1v) is 10.1. The van der Waals surface area contributed by atoms with Crippen LogP contribution in [0.3, 0.4) is 0 Å². The SMILES string of the molecule is Cc1ccc(OCc2n[nH]c(=S)n2-c2c(-c3ccccc3)[nH]c3ccccc23)cc1. The minimum atomic E-state index is 0.296. The molecule has 0 aliphatic heterocycles. The van der Waals surface area contributed by atoms with Crippen LogP contribution in [0.5, 0.6) is 5.75 Å². The minimum Gasteiger partial charge on any atom is -0.486 e. The molecule has 0 fully saturated rings. The third kappa shape index (κ3) is 3.31. The summed E-state index contributed by atoms with van der Waals surface area (Å²) < 4.78 is 8.49. The molecule has 0 amide bonds. The summed E-state index contributed by atoms with van der Waals surface area (Å²) in [6.45, 7) is 2.35. The highest BCUT2D eigenvalue weighted by Crippen LogP contribution is 2.34. The summed E-state index contributed by atoms with van der Waals surface area (Å²) in [6.07, 6.45) is 0. The Hall–Kier alpha value is -3.64. The molecule has 6 heteroatoms. The van der Waals surface area contributed by atoms with Crippen molar-refractivity contribution in [1.29, 1.82) is 0 Å². The Morgan fingerprint density at radius 2 is 1.67 bits per heavy atom. The van der Waals surface area contributed by atoms with Crippen LogP contribution >= 0.6 is 12.2 Å². The van der Waals surface area contributed by atoms with E-state index in [1.165, 1.54) is 5.56 Å². The number of aryl methyl sites for hydroxylation is 1. The van der Waals surface area contributed by atoms with E-state index >= 15 is 0 Å². The van der Waals surface area contributed by atoms with Gasteiger partial charge >= 0.3 is 0 Å². The largest absolute Gasteiger partial charge is 0.486 e. The average Bonchev–Trinajstić information content (AvgIpc) is 3.33. The van der Waals surface area contributed by atoms with E-state index in [0.717, 1.165) is 33.6 Å². The summed E-state index contributed by atoms with van der Waals surface area (Å²) in [4.78, 5) is 3.55.